The van der Waals surface area contributed by atoms with Crippen molar-refractivity contribution in [3.8, 4) is 0 Å². The highest BCUT2D eigenvalue weighted by Crippen LogP contribution is 2.28. The monoisotopic (exact) mass is 316 g/mol. The molecule has 2 N–H and O–H groups in total. The highest BCUT2D eigenvalue weighted by molar-refractivity contribution is 5.89. The Labute approximate surface area is 134 Å². The number of carbonyl (C=O) groups is 1. The third-order valence-corrected chi connectivity index (χ3v) is 3.74. The van der Waals surface area contributed by atoms with Gasteiger partial charge >= 0.3 is 6.03 Å². The normalized spacial score (nSPS) is 20.4. The predicted octanol–water partition coefficient (Wildman–Crippen LogP) is 1.42. The molecule has 2 aromatic heterocycles. The van der Waals surface area contributed by atoms with E-state index in [0.29, 0.717) is 12.3 Å². The summed E-state index contributed by atoms with van der Waals surface area (Å²) in [4.78, 5) is 20.5. The number of urea groups is 1. The van der Waals surface area contributed by atoms with Gasteiger partial charge in [-0.1, -0.05) is 6.92 Å². The SMILES string of the molecule is CCc1ncc(NC(=O)N[C@H]2CCO[C@@H]2c2cnn(C)c2)cn1. The second kappa shape index (κ2) is 6.74. The van der Waals surface area contributed by atoms with Gasteiger partial charge in [0.05, 0.1) is 30.3 Å². The summed E-state index contributed by atoms with van der Waals surface area (Å²) in [6, 6.07) is -0.378. The second-order valence-electron chi connectivity index (χ2n) is 5.47. The average Bonchev–Trinajstić information content (AvgIpc) is 3.16. The van der Waals surface area contributed by atoms with E-state index in [9.17, 15) is 4.79 Å². The van der Waals surface area contributed by atoms with Gasteiger partial charge in [0, 0.05) is 31.8 Å². The Kier molecular flexibility index (Phi) is 4.52. The molecule has 0 unspecified atom stereocenters. The van der Waals surface area contributed by atoms with E-state index in [4.69, 9.17) is 4.74 Å². The fourth-order valence-corrected chi connectivity index (χ4v) is 2.59. The molecule has 0 saturated carbocycles. The topological polar surface area (TPSA) is 94.0 Å². The zero-order valence-electron chi connectivity index (χ0n) is 13.2. The number of ether oxygens (including phenoxy) is 1. The first kappa shape index (κ1) is 15.4. The van der Waals surface area contributed by atoms with Crippen molar-refractivity contribution >= 4 is 11.7 Å². The second-order valence-corrected chi connectivity index (χ2v) is 5.47. The van der Waals surface area contributed by atoms with Crippen LogP contribution in [0, 0.1) is 0 Å². The van der Waals surface area contributed by atoms with E-state index in [1.54, 1.807) is 23.3 Å². The van der Waals surface area contributed by atoms with Crippen molar-refractivity contribution in [3.05, 3.63) is 36.2 Å². The smallest absolute Gasteiger partial charge is 0.319 e. The van der Waals surface area contributed by atoms with Crippen molar-refractivity contribution in [2.24, 2.45) is 7.05 Å². The molecule has 1 aliphatic heterocycles. The van der Waals surface area contributed by atoms with Crippen LogP contribution < -0.4 is 10.6 Å². The summed E-state index contributed by atoms with van der Waals surface area (Å²) in [6.07, 6.45) is 8.23. The summed E-state index contributed by atoms with van der Waals surface area (Å²) < 4.78 is 7.45. The summed E-state index contributed by atoms with van der Waals surface area (Å²) >= 11 is 0. The molecule has 8 heteroatoms. The van der Waals surface area contributed by atoms with Gasteiger partial charge in [-0.3, -0.25) is 4.68 Å². The Morgan fingerprint density at radius 3 is 2.83 bits per heavy atom. The minimum atomic E-state index is -0.290. The molecular weight excluding hydrogens is 296 g/mol. The number of anilines is 1. The molecule has 8 nitrogen and oxygen atoms in total. The van der Waals surface area contributed by atoms with Gasteiger partial charge in [0.25, 0.3) is 0 Å². The van der Waals surface area contributed by atoms with Crippen LogP contribution in [0.15, 0.2) is 24.8 Å². The van der Waals surface area contributed by atoms with Crippen LogP contribution >= 0.6 is 0 Å². The van der Waals surface area contributed by atoms with Gasteiger partial charge < -0.3 is 15.4 Å². The third kappa shape index (κ3) is 3.65. The lowest BCUT2D eigenvalue weighted by Gasteiger charge is -2.19. The molecule has 2 aromatic rings. The van der Waals surface area contributed by atoms with Crippen LogP contribution in [0.5, 0.6) is 0 Å². The maximum absolute atomic E-state index is 12.2. The van der Waals surface area contributed by atoms with Crippen molar-refractivity contribution in [1.29, 1.82) is 0 Å². The highest BCUT2D eigenvalue weighted by atomic mass is 16.5. The molecule has 0 bridgehead atoms. The molecular formula is C15H20N6O2. The first-order valence-corrected chi connectivity index (χ1v) is 7.64. The number of carbonyl (C=O) groups excluding carboxylic acids is 1. The van der Waals surface area contributed by atoms with Crippen LogP contribution in [-0.4, -0.2) is 38.4 Å². The van der Waals surface area contributed by atoms with E-state index in [-0.39, 0.29) is 18.2 Å². The molecule has 1 aliphatic rings. The fraction of sp³-hybridized carbons (Fsp3) is 0.467. The Balaban J connectivity index is 1.60. The summed E-state index contributed by atoms with van der Waals surface area (Å²) in [5, 5.41) is 9.84. The van der Waals surface area contributed by atoms with Crippen molar-refractivity contribution in [1.82, 2.24) is 25.1 Å². The van der Waals surface area contributed by atoms with Crippen molar-refractivity contribution in [3.63, 3.8) is 0 Å². The number of hydrogen-bond donors (Lipinski definition) is 2. The summed E-state index contributed by atoms with van der Waals surface area (Å²) in [5.41, 5.74) is 1.53. The number of hydrogen-bond acceptors (Lipinski definition) is 5. The lowest BCUT2D eigenvalue weighted by Crippen LogP contribution is -2.39. The minimum Gasteiger partial charge on any atom is -0.371 e. The first-order chi connectivity index (χ1) is 11.2. The maximum atomic E-state index is 12.2. The van der Waals surface area contributed by atoms with E-state index in [1.165, 1.54) is 0 Å². The van der Waals surface area contributed by atoms with Crippen LogP contribution in [0.1, 0.15) is 30.8 Å². The van der Waals surface area contributed by atoms with Crippen LogP contribution in [0.3, 0.4) is 0 Å². The molecule has 3 rings (SSSR count). The number of nitrogens with zero attached hydrogens (tertiary/aromatic N) is 4. The molecule has 3 heterocycles. The van der Waals surface area contributed by atoms with Gasteiger partial charge in [0.1, 0.15) is 11.9 Å². The summed E-state index contributed by atoms with van der Waals surface area (Å²) in [7, 11) is 1.85. The van der Waals surface area contributed by atoms with E-state index >= 15 is 0 Å². The lowest BCUT2D eigenvalue weighted by atomic mass is 10.1. The van der Waals surface area contributed by atoms with Crippen molar-refractivity contribution in [2.75, 3.05) is 11.9 Å². The van der Waals surface area contributed by atoms with Gasteiger partial charge in [-0.2, -0.15) is 5.10 Å². The van der Waals surface area contributed by atoms with E-state index < -0.39 is 0 Å². The molecule has 122 valence electrons. The zero-order chi connectivity index (χ0) is 16.2. The Bertz CT molecular complexity index is 669. The van der Waals surface area contributed by atoms with Gasteiger partial charge in [-0.25, -0.2) is 14.8 Å². The Morgan fingerprint density at radius 1 is 1.39 bits per heavy atom. The van der Waals surface area contributed by atoms with Gasteiger partial charge in [0.2, 0.25) is 0 Å². The molecule has 0 aliphatic carbocycles. The molecule has 1 fully saturated rings. The molecule has 0 spiro atoms. The minimum absolute atomic E-state index is 0.0879. The van der Waals surface area contributed by atoms with Crippen LogP contribution in [0.25, 0.3) is 0 Å². The molecule has 2 atom stereocenters. The number of aromatic nitrogens is 4. The third-order valence-electron chi connectivity index (χ3n) is 3.74. The predicted molar refractivity (Wildman–Crippen MR) is 83.9 cm³/mol. The van der Waals surface area contributed by atoms with Gasteiger partial charge in [0.15, 0.2) is 0 Å². The highest BCUT2D eigenvalue weighted by Gasteiger charge is 2.31. The lowest BCUT2D eigenvalue weighted by molar-refractivity contribution is 0.100. The molecule has 23 heavy (non-hydrogen) atoms. The van der Waals surface area contributed by atoms with Crippen LogP contribution in [0.4, 0.5) is 10.5 Å². The molecule has 1 saturated heterocycles. The van der Waals surface area contributed by atoms with E-state index in [2.05, 4.69) is 25.7 Å². The number of amides is 2. The van der Waals surface area contributed by atoms with Crippen molar-refractivity contribution < 1.29 is 9.53 Å². The summed E-state index contributed by atoms with van der Waals surface area (Å²) in [5.74, 6) is 0.747. The van der Waals surface area contributed by atoms with Gasteiger partial charge in [-0.05, 0) is 6.42 Å². The molecule has 2 amide bonds. The number of aryl methyl sites for hydroxylation is 2. The maximum Gasteiger partial charge on any atom is 0.319 e. The van der Waals surface area contributed by atoms with E-state index in [0.717, 1.165) is 24.2 Å². The number of rotatable bonds is 4. The Hall–Kier alpha value is -2.48. The van der Waals surface area contributed by atoms with Crippen LogP contribution in [0.2, 0.25) is 0 Å². The molecule has 0 radical (unpaired) electrons. The van der Waals surface area contributed by atoms with Gasteiger partial charge in [-0.15, -0.1) is 0 Å². The number of nitrogens with one attached hydrogen (secondary N) is 2. The first-order valence-electron chi connectivity index (χ1n) is 7.64. The largest absolute Gasteiger partial charge is 0.371 e. The summed E-state index contributed by atoms with van der Waals surface area (Å²) in [6.45, 7) is 2.59. The van der Waals surface area contributed by atoms with E-state index in [1.807, 2.05) is 20.2 Å². The zero-order valence-corrected chi connectivity index (χ0v) is 13.2. The standard InChI is InChI=1S/C15H20N6O2/c1-3-13-16-7-11(8-17-13)19-15(22)20-12-4-5-23-14(12)10-6-18-21(2)9-10/h6-9,12,14H,3-5H2,1-2H3,(H2,19,20,22)/t12-,14+/m0/s1. The fourth-order valence-electron chi connectivity index (χ4n) is 2.59. The Morgan fingerprint density at radius 2 is 2.17 bits per heavy atom. The average molecular weight is 316 g/mol. The quantitative estimate of drug-likeness (QED) is 0.890. The van der Waals surface area contributed by atoms with Crippen LogP contribution in [-0.2, 0) is 18.2 Å². The van der Waals surface area contributed by atoms with Crippen molar-refractivity contribution in [2.45, 2.75) is 31.9 Å². The molecule has 0 aromatic carbocycles.